The molecule has 0 fully saturated rings. The summed E-state index contributed by atoms with van der Waals surface area (Å²) >= 11 is 0. The summed E-state index contributed by atoms with van der Waals surface area (Å²) in [5.74, 6) is -0.662. The van der Waals surface area contributed by atoms with Crippen LogP contribution in [-0.4, -0.2) is 17.1 Å². The number of hydrogen-bond acceptors (Lipinski definition) is 4. The highest BCUT2D eigenvalue weighted by Gasteiger charge is 2.07. The zero-order valence-corrected chi connectivity index (χ0v) is 4.20. The van der Waals surface area contributed by atoms with E-state index >= 15 is 0 Å². The Bertz CT molecular complexity index is 118. The smallest absolute Gasteiger partial charge is 0.462 e. The lowest BCUT2D eigenvalue weighted by atomic mass is 10.9. The van der Waals surface area contributed by atoms with E-state index in [1.54, 1.807) is 0 Å². The van der Waals surface area contributed by atoms with E-state index in [9.17, 15) is 10.1 Å². The molecule has 0 unspecified atom stereocenters. The summed E-state index contributed by atoms with van der Waals surface area (Å²) in [6.45, 7) is 0. The Morgan fingerprint density at radius 1 is 2.00 bits per heavy atom. The molecule has 0 saturated heterocycles. The second-order valence-electron chi connectivity index (χ2n) is 0.929. The largest absolute Gasteiger partial charge is 0.506 e. The van der Waals surface area contributed by atoms with Gasteiger partial charge >= 0.3 is 5.88 Å². The second-order valence-corrected chi connectivity index (χ2v) is 0.929. The maximum Gasteiger partial charge on any atom is 0.462 e. The monoisotopic (exact) mass is 119 g/mol. The van der Waals surface area contributed by atoms with Crippen LogP contribution in [0.3, 0.4) is 0 Å². The molecule has 0 atom stereocenters. The van der Waals surface area contributed by atoms with E-state index in [1.807, 2.05) is 0 Å². The van der Waals surface area contributed by atoms with Crippen molar-refractivity contribution >= 4 is 0 Å². The highest BCUT2D eigenvalue weighted by molar-refractivity contribution is 4.69. The first-order valence-corrected chi connectivity index (χ1v) is 1.75. The molecule has 1 N–H and O–H groups in total. The van der Waals surface area contributed by atoms with E-state index < -0.39 is 10.8 Å². The normalized spacial score (nSPS) is 10.9. The van der Waals surface area contributed by atoms with Crippen molar-refractivity contribution in [3.8, 4) is 0 Å². The molecule has 0 heterocycles. The average Bonchev–Trinajstić information content (AvgIpc) is 1.69. The first kappa shape index (κ1) is 6.74. The van der Waals surface area contributed by atoms with Gasteiger partial charge in [0.15, 0.2) is 6.26 Å². The Morgan fingerprint density at radius 2 is 2.50 bits per heavy atom. The fourth-order valence-electron chi connectivity index (χ4n) is 0.174. The summed E-state index contributed by atoms with van der Waals surface area (Å²) in [5.41, 5.74) is 0. The van der Waals surface area contributed by atoms with Gasteiger partial charge in [-0.2, -0.15) is 0 Å². The van der Waals surface area contributed by atoms with E-state index in [0.29, 0.717) is 6.26 Å². The number of aliphatic hydroxyl groups excluding tert-OH is 1. The Labute approximate surface area is 45.3 Å². The van der Waals surface area contributed by atoms with Crippen molar-refractivity contribution in [2.45, 2.75) is 0 Å². The average molecular weight is 119 g/mol. The van der Waals surface area contributed by atoms with Crippen LogP contribution in [-0.2, 0) is 4.74 Å². The summed E-state index contributed by atoms with van der Waals surface area (Å²) in [7, 11) is 1.10. The zero-order chi connectivity index (χ0) is 6.57. The molecule has 5 heteroatoms. The van der Waals surface area contributed by atoms with Gasteiger partial charge in [-0.25, -0.2) is 0 Å². The van der Waals surface area contributed by atoms with Gasteiger partial charge in [0, 0.05) is 0 Å². The Balaban J connectivity index is 3.92. The fraction of sp³-hybridized carbons (Fsp3) is 0.333. The fourth-order valence-corrected chi connectivity index (χ4v) is 0.174. The standard InChI is InChI=1S/C3H5NO4/c1-8-3(2-5)4(6)7/h2,5H,1H3. The van der Waals surface area contributed by atoms with Gasteiger partial charge in [0.25, 0.3) is 0 Å². The number of ether oxygens (including phenoxy) is 1. The van der Waals surface area contributed by atoms with Gasteiger partial charge < -0.3 is 9.84 Å². The van der Waals surface area contributed by atoms with Crippen molar-refractivity contribution in [1.82, 2.24) is 0 Å². The molecule has 0 aromatic rings. The van der Waals surface area contributed by atoms with Crippen LogP contribution in [0.15, 0.2) is 12.1 Å². The maximum atomic E-state index is 9.61. The summed E-state index contributed by atoms with van der Waals surface area (Å²) in [6, 6.07) is 0. The van der Waals surface area contributed by atoms with Gasteiger partial charge in [0.2, 0.25) is 0 Å². The molecular formula is C3H5NO4. The lowest BCUT2D eigenvalue weighted by Gasteiger charge is -1.89. The molecule has 8 heavy (non-hydrogen) atoms. The molecular weight excluding hydrogens is 114 g/mol. The summed E-state index contributed by atoms with van der Waals surface area (Å²) in [6.07, 6.45) is 0.292. The molecule has 0 aromatic carbocycles. The first-order valence-electron chi connectivity index (χ1n) is 1.75. The summed E-state index contributed by atoms with van der Waals surface area (Å²) < 4.78 is 4.07. The molecule has 0 amide bonds. The third kappa shape index (κ3) is 1.46. The quantitative estimate of drug-likeness (QED) is 0.321. The van der Waals surface area contributed by atoms with E-state index in [2.05, 4.69) is 4.74 Å². The van der Waals surface area contributed by atoms with Crippen molar-refractivity contribution in [3.63, 3.8) is 0 Å². The predicted molar refractivity (Wildman–Crippen MR) is 24.7 cm³/mol. The van der Waals surface area contributed by atoms with E-state index in [0.717, 1.165) is 7.11 Å². The van der Waals surface area contributed by atoms with Gasteiger partial charge in [-0.1, -0.05) is 0 Å². The number of nitro groups is 1. The predicted octanol–water partition coefficient (Wildman–Crippen LogP) is 0.266. The Morgan fingerprint density at radius 3 is 2.50 bits per heavy atom. The van der Waals surface area contributed by atoms with E-state index in [-0.39, 0.29) is 0 Å². The number of nitrogens with zero attached hydrogens (tertiary/aromatic N) is 1. The molecule has 0 spiro atoms. The van der Waals surface area contributed by atoms with Crippen LogP contribution in [0.4, 0.5) is 0 Å². The maximum absolute atomic E-state index is 9.61. The van der Waals surface area contributed by atoms with Crippen LogP contribution in [0.2, 0.25) is 0 Å². The van der Waals surface area contributed by atoms with Crippen LogP contribution >= 0.6 is 0 Å². The highest BCUT2D eigenvalue weighted by atomic mass is 16.7. The molecule has 0 aliphatic heterocycles. The van der Waals surface area contributed by atoms with Crippen LogP contribution in [0, 0.1) is 10.1 Å². The molecule has 0 saturated carbocycles. The minimum absolute atomic E-state index is 0.292. The van der Waals surface area contributed by atoms with Gasteiger partial charge in [-0.15, -0.1) is 0 Å². The van der Waals surface area contributed by atoms with Crippen molar-refractivity contribution in [3.05, 3.63) is 22.3 Å². The van der Waals surface area contributed by atoms with Gasteiger partial charge in [0.05, 0.1) is 7.11 Å². The van der Waals surface area contributed by atoms with Crippen LogP contribution in [0.1, 0.15) is 0 Å². The number of methoxy groups -OCH3 is 1. The van der Waals surface area contributed by atoms with Gasteiger partial charge in [-0.05, 0) is 0 Å². The lowest BCUT2D eigenvalue weighted by molar-refractivity contribution is -0.463. The molecule has 0 radical (unpaired) electrons. The van der Waals surface area contributed by atoms with Crippen molar-refractivity contribution in [2.24, 2.45) is 0 Å². The summed E-state index contributed by atoms with van der Waals surface area (Å²) in [5, 5.41) is 17.6. The molecule has 0 rings (SSSR count). The minimum Gasteiger partial charge on any atom is -0.506 e. The summed E-state index contributed by atoms with van der Waals surface area (Å²) in [4.78, 5) is 8.78. The molecule has 0 bridgehead atoms. The molecule has 0 aromatic heterocycles. The SMILES string of the molecule is COC(=CO)[N+](=O)[O-]. The number of rotatable bonds is 2. The third-order valence-electron chi connectivity index (χ3n) is 0.500. The van der Waals surface area contributed by atoms with Crippen molar-refractivity contribution < 1.29 is 14.8 Å². The van der Waals surface area contributed by atoms with Gasteiger partial charge in [-0.3, -0.25) is 10.1 Å². The van der Waals surface area contributed by atoms with Crippen molar-refractivity contribution in [1.29, 1.82) is 0 Å². The van der Waals surface area contributed by atoms with E-state index in [4.69, 9.17) is 5.11 Å². The Kier molecular flexibility index (Phi) is 2.39. The van der Waals surface area contributed by atoms with Gasteiger partial charge in [0.1, 0.15) is 4.92 Å². The molecule has 5 nitrogen and oxygen atoms in total. The number of aliphatic hydroxyl groups is 1. The molecule has 46 valence electrons. The lowest BCUT2D eigenvalue weighted by Crippen LogP contribution is -1.99. The third-order valence-corrected chi connectivity index (χ3v) is 0.500. The zero-order valence-electron chi connectivity index (χ0n) is 4.20. The van der Waals surface area contributed by atoms with Crippen LogP contribution < -0.4 is 0 Å². The highest BCUT2D eigenvalue weighted by Crippen LogP contribution is 1.91. The number of hydrogen-bond donors (Lipinski definition) is 1. The minimum atomic E-state index is -0.833. The van der Waals surface area contributed by atoms with Crippen molar-refractivity contribution in [2.75, 3.05) is 7.11 Å². The second kappa shape index (κ2) is 2.84. The molecule has 0 aliphatic carbocycles. The van der Waals surface area contributed by atoms with Crippen LogP contribution in [0.5, 0.6) is 0 Å². The Hall–Kier alpha value is -1.26. The topological polar surface area (TPSA) is 72.6 Å². The van der Waals surface area contributed by atoms with E-state index in [1.165, 1.54) is 0 Å². The first-order chi connectivity index (χ1) is 3.72. The molecule has 0 aliphatic rings. The van der Waals surface area contributed by atoms with Crippen LogP contribution in [0.25, 0.3) is 0 Å².